The van der Waals surface area contributed by atoms with Crippen LogP contribution in [0.3, 0.4) is 0 Å². The number of aromatic nitrogens is 1. The zero-order chi connectivity index (χ0) is 15.6. The number of benzene rings is 1. The Hall–Kier alpha value is -1.72. The molecule has 1 unspecified atom stereocenters. The lowest BCUT2D eigenvalue weighted by Crippen LogP contribution is -2.57. The summed E-state index contributed by atoms with van der Waals surface area (Å²) < 4.78 is 0. The minimum atomic E-state index is 0.0557. The SMILES string of the molecule is O=C(NC1CN2CCC1CC2)c1ccc(Sc2ccc[nH]2)cc1. The molecule has 2 aromatic rings. The van der Waals surface area contributed by atoms with Gasteiger partial charge in [-0.3, -0.25) is 4.79 Å². The first-order chi connectivity index (χ1) is 11.3. The van der Waals surface area contributed by atoms with E-state index >= 15 is 0 Å². The van der Waals surface area contributed by atoms with Gasteiger partial charge in [0.15, 0.2) is 0 Å². The molecule has 3 fully saturated rings. The summed E-state index contributed by atoms with van der Waals surface area (Å²) in [4.78, 5) is 19.2. The molecule has 0 aliphatic carbocycles. The van der Waals surface area contributed by atoms with Crippen LogP contribution in [0.4, 0.5) is 0 Å². The number of carbonyl (C=O) groups excluding carboxylic acids is 1. The van der Waals surface area contributed by atoms with Crippen molar-refractivity contribution in [3.63, 3.8) is 0 Å². The molecule has 5 heteroatoms. The van der Waals surface area contributed by atoms with Gasteiger partial charge in [0, 0.05) is 29.2 Å². The lowest BCUT2D eigenvalue weighted by Gasteiger charge is -2.44. The van der Waals surface area contributed by atoms with Crippen LogP contribution >= 0.6 is 11.8 Å². The lowest BCUT2D eigenvalue weighted by atomic mass is 9.84. The van der Waals surface area contributed by atoms with E-state index in [0.717, 1.165) is 22.0 Å². The fourth-order valence-electron chi connectivity index (χ4n) is 3.56. The van der Waals surface area contributed by atoms with Crippen LogP contribution in [0.2, 0.25) is 0 Å². The van der Waals surface area contributed by atoms with Gasteiger partial charge in [-0.05, 0) is 68.2 Å². The quantitative estimate of drug-likeness (QED) is 0.907. The largest absolute Gasteiger partial charge is 0.356 e. The van der Waals surface area contributed by atoms with Crippen LogP contribution in [0.1, 0.15) is 23.2 Å². The Morgan fingerprint density at radius 1 is 1.17 bits per heavy atom. The van der Waals surface area contributed by atoms with Gasteiger partial charge in [0.1, 0.15) is 0 Å². The first-order valence-corrected chi connectivity index (χ1v) is 9.04. The number of hydrogen-bond donors (Lipinski definition) is 2. The summed E-state index contributed by atoms with van der Waals surface area (Å²) in [5.41, 5.74) is 0.747. The highest BCUT2D eigenvalue weighted by atomic mass is 32.2. The van der Waals surface area contributed by atoms with Crippen molar-refractivity contribution in [2.24, 2.45) is 5.92 Å². The number of hydrogen-bond acceptors (Lipinski definition) is 3. The Labute approximate surface area is 140 Å². The molecule has 3 aliphatic heterocycles. The van der Waals surface area contributed by atoms with Crippen molar-refractivity contribution >= 4 is 17.7 Å². The van der Waals surface area contributed by atoms with Crippen LogP contribution < -0.4 is 5.32 Å². The van der Waals surface area contributed by atoms with Gasteiger partial charge in [0.25, 0.3) is 5.91 Å². The number of fused-ring (bicyclic) bond motifs is 3. The number of carbonyl (C=O) groups is 1. The van der Waals surface area contributed by atoms with Gasteiger partial charge in [0.05, 0.1) is 5.03 Å². The molecule has 5 rings (SSSR count). The van der Waals surface area contributed by atoms with Gasteiger partial charge in [-0.2, -0.15) is 0 Å². The van der Waals surface area contributed by atoms with Gasteiger partial charge >= 0.3 is 0 Å². The van der Waals surface area contributed by atoms with E-state index < -0.39 is 0 Å². The predicted molar refractivity (Wildman–Crippen MR) is 91.8 cm³/mol. The van der Waals surface area contributed by atoms with Gasteiger partial charge < -0.3 is 15.2 Å². The second-order valence-electron chi connectivity index (χ2n) is 6.38. The number of rotatable bonds is 4. The third-order valence-electron chi connectivity index (χ3n) is 4.89. The summed E-state index contributed by atoms with van der Waals surface area (Å²) in [5.74, 6) is 0.715. The number of piperidine rings is 3. The van der Waals surface area contributed by atoms with E-state index in [-0.39, 0.29) is 5.91 Å². The molecule has 1 aromatic heterocycles. The molecule has 0 saturated carbocycles. The average Bonchev–Trinajstić information content (AvgIpc) is 3.09. The molecule has 0 radical (unpaired) electrons. The third-order valence-corrected chi connectivity index (χ3v) is 5.87. The Morgan fingerprint density at radius 3 is 2.57 bits per heavy atom. The van der Waals surface area contributed by atoms with Crippen LogP contribution in [0.5, 0.6) is 0 Å². The molecule has 1 aromatic carbocycles. The van der Waals surface area contributed by atoms with E-state index in [1.807, 2.05) is 42.6 Å². The van der Waals surface area contributed by atoms with Crippen LogP contribution in [0.15, 0.2) is 52.5 Å². The molecular weight excluding hydrogens is 306 g/mol. The molecule has 4 heterocycles. The Balaban J connectivity index is 1.38. The molecule has 23 heavy (non-hydrogen) atoms. The van der Waals surface area contributed by atoms with Crippen molar-refractivity contribution in [1.82, 2.24) is 15.2 Å². The number of nitrogens with zero attached hydrogens (tertiary/aromatic N) is 1. The van der Waals surface area contributed by atoms with Crippen molar-refractivity contribution in [1.29, 1.82) is 0 Å². The first-order valence-electron chi connectivity index (χ1n) is 8.22. The summed E-state index contributed by atoms with van der Waals surface area (Å²) >= 11 is 1.67. The summed E-state index contributed by atoms with van der Waals surface area (Å²) in [7, 11) is 0. The highest BCUT2D eigenvalue weighted by Crippen LogP contribution is 2.28. The third kappa shape index (κ3) is 3.31. The van der Waals surface area contributed by atoms with E-state index in [4.69, 9.17) is 0 Å². The number of H-pyrrole nitrogens is 1. The summed E-state index contributed by atoms with van der Waals surface area (Å²) in [6.07, 6.45) is 4.35. The summed E-state index contributed by atoms with van der Waals surface area (Å²) in [6.45, 7) is 3.40. The van der Waals surface area contributed by atoms with Crippen molar-refractivity contribution < 1.29 is 4.79 Å². The van der Waals surface area contributed by atoms with E-state index in [1.54, 1.807) is 11.8 Å². The van der Waals surface area contributed by atoms with Crippen LogP contribution in [0, 0.1) is 5.92 Å². The standard InChI is InChI=1S/C18H21N3OS/c22-18(20-16-12-21-10-7-13(16)8-11-21)14-3-5-15(6-4-14)23-17-2-1-9-19-17/h1-6,9,13,16,19H,7-8,10-12H2,(H,20,22). The molecule has 3 aliphatic rings. The first kappa shape index (κ1) is 14.8. The molecule has 120 valence electrons. The number of aromatic amines is 1. The maximum absolute atomic E-state index is 12.5. The number of nitrogens with one attached hydrogen (secondary N) is 2. The van der Waals surface area contributed by atoms with Crippen molar-refractivity contribution in [2.45, 2.75) is 28.8 Å². The fourth-order valence-corrected chi connectivity index (χ4v) is 4.36. The van der Waals surface area contributed by atoms with Gasteiger partial charge in [0.2, 0.25) is 0 Å². The molecule has 1 atom stereocenters. The zero-order valence-corrected chi connectivity index (χ0v) is 13.8. The fraction of sp³-hybridized carbons (Fsp3) is 0.389. The van der Waals surface area contributed by atoms with Gasteiger partial charge in [-0.15, -0.1) is 0 Å². The molecule has 2 bridgehead atoms. The van der Waals surface area contributed by atoms with Crippen LogP contribution in [-0.2, 0) is 0 Å². The lowest BCUT2D eigenvalue weighted by molar-refractivity contribution is 0.0620. The number of amides is 1. The average molecular weight is 327 g/mol. The highest BCUT2D eigenvalue weighted by Gasteiger charge is 2.34. The Morgan fingerprint density at radius 2 is 1.96 bits per heavy atom. The maximum atomic E-state index is 12.5. The van der Waals surface area contributed by atoms with Crippen molar-refractivity contribution in [3.05, 3.63) is 48.2 Å². The normalized spacial score (nSPS) is 26.2. The molecule has 2 N–H and O–H groups in total. The predicted octanol–water partition coefficient (Wildman–Crippen LogP) is 2.99. The Kier molecular flexibility index (Phi) is 4.14. The summed E-state index contributed by atoms with van der Waals surface area (Å²) in [6, 6.07) is 12.2. The molecule has 0 spiro atoms. The van der Waals surface area contributed by atoms with Gasteiger partial charge in [-0.25, -0.2) is 0 Å². The van der Waals surface area contributed by atoms with Crippen LogP contribution in [0.25, 0.3) is 0 Å². The van der Waals surface area contributed by atoms with E-state index in [1.165, 1.54) is 25.9 Å². The van der Waals surface area contributed by atoms with Crippen LogP contribution in [-0.4, -0.2) is 41.5 Å². The van der Waals surface area contributed by atoms with E-state index in [0.29, 0.717) is 12.0 Å². The molecule has 1 amide bonds. The second kappa shape index (κ2) is 6.42. The highest BCUT2D eigenvalue weighted by molar-refractivity contribution is 7.99. The minimum absolute atomic E-state index is 0.0557. The topological polar surface area (TPSA) is 48.1 Å². The van der Waals surface area contributed by atoms with Gasteiger partial charge in [-0.1, -0.05) is 11.8 Å². The molecular formula is C18H21N3OS. The maximum Gasteiger partial charge on any atom is 0.251 e. The minimum Gasteiger partial charge on any atom is -0.356 e. The molecule has 3 saturated heterocycles. The zero-order valence-electron chi connectivity index (χ0n) is 13.0. The summed E-state index contributed by atoms with van der Waals surface area (Å²) in [5, 5.41) is 4.34. The van der Waals surface area contributed by atoms with E-state index in [2.05, 4.69) is 15.2 Å². The van der Waals surface area contributed by atoms with Crippen molar-refractivity contribution in [3.8, 4) is 0 Å². The van der Waals surface area contributed by atoms with E-state index in [9.17, 15) is 4.79 Å². The Bertz CT molecular complexity index is 660. The second-order valence-corrected chi connectivity index (χ2v) is 7.49. The van der Waals surface area contributed by atoms with Crippen molar-refractivity contribution in [2.75, 3.05) is 19.6 Å². The smallest absolute Gasteiger partial charge is 0.251 e. The monoisotopic (exact) mass is 327 g/mol. The molecule has 4 nitrogen and oxygen atoms in total.